The summed E-state index contributed by atoms with van der Waals surface area (Å²) in [6.07, 6.45) is 19.5. The van der Waals surface area contributed by atoms with Crippen molar-refractivity contribution in [3.05, 3.63) is 12.2 Å². The minimum absolute atomic E-state index is 0.0226. The van der Waals surface area contributed by atoms with E-state index in [2.05, 4.69) is 46.0 Å². The molecule has 25 heavy (non-hydrogen) atoms. The van der Waals surface area contributed by atoms with Crippen molar-refractivity contribution in [1.29, 1.82) is 0 Å². The molecule has 0 aromatic heterocycles. The molecule has 0 saturated heterocycles. The highest BCUT2D eigenvalue weighted by molar-refractivity contribution is 7.73. The predicted molar refractivity (Wildman–Crippen MR) is 117 cm³/mol. The van der Waals surface area contributed by atoms with Crippen LogP contribution < -0.4 is 0 Å². The first kappa shape index (κ1) is 25.1. The number of rotatable bonds is 18. The van der Waals surface area contributed by atoms with Gasteiger partial charge in [0, 0.05) is 40.5 Å². The van der Waals surface area contributed by atoms with Gasteiger partial charge in [-0.1, -0.05) is 45.3 Å². The van der Waals surface area contributed by atoms with Crippen molar-refractivity contribution in [3.8, 4) is 0 Å². The third-order valence-electron chi connectivity index (χ3n) is 4.28. The van der Waals surface area contributed by atoms with E-state index in [1.54, 1.807) is 0 Å². The van der Waals surface area contributed by atoms with Crippen molar-refractivity contribution >= 4 is 7.26 Å². The molecule has 0 aliphatic heterocycles. The van der Waals surface area contributed by atoms with Gasteiger partial charge in [-0.25, -0.2) is 0 Å². The number of hydrogen-bond donors (Lipinski definition) is 0. The second-order valence-electron chi connectivity index (χ2n) is 8.14. The molecule has 0 rings (SSSR count). The molecule has 0 aromatic rings. The van der Waals surface area contributed by atoms with Crippen molar-refractivity contribution < 1.29 is 9.47 Å². The van der Waals surface area contributed by atoms with Crippen molar-refractivity contribution in [2.24, 2.45) is 0 Å². The molecule has 0 N–H and O–H groups in total. The lowest BCUT2D eigenvalue weighted by Gasteiger charge is -2.18. The van der Waals surface area contributed by atoms with Crippen LogP contribution in [0.4, 0.5) is 0 Å². The van der Waals surface area contributed by atoms with Crippen molar-refractivity contribution in [1.82, 2.24) is 0 Å². The molecule has 0 unspecified atom stereocenters. The highest BCUT2D eigenvalue weighted by Crippen LogP contribution is 2.47. The van der Waals surface area contributed by atoms with Crippen LogP contribution in [0.2, 0.25) is 0 Å². The third-order valence-corrected chi connectivity index (χ3v) is 5.94. The van der Waals surface area contributed by atoms with Gasteiger partial charge in [0.05, 0.1) is 6.16 Å². The van der Waals surface area contributed by atoms with E-state index in [-0.39, 0.29) is 6.29 Å². The SMILES string of the molecule is CCCCOC(CCCCC/C=C\CCC[P+](C)(C)C)OCCCC. The molecule has 0 fully saturated rings. The maximum atomic E-state index is 5.89. The summed E-state index contributed by atoms with van der Waals surface area (Å²) in [6, 6.07) is 0. The third kappa shape index (κ3) is 20.3. The number of hydrogen-bond acceptors (Lipinski definition) is 2. The molecule has 0 aliphatic carbocycles. The van der Waals surface area contributed by atoms with Crippen molar-refractivity contribution in [2.75, 3.05) is 39.4 Å². The van der Waals surface area contributed by atoms with E-state index in [1.807, 2.05) is 0 Å². The van der Waals surface area contributed by atoms with Crippen LogP contribution in [0.25, 0.3) is 0 Å². The standard InChI is InChI=1S/C22H46O2P/c1-6-8-19-23-22(24-20-9-7-2)18-16-14-12-10-11-13-15-17-21-25(3,4)5/h11,13,22H,6-10,12,14-21H2,1-5H3/q+1/b13-11-. The van der Waals surface area contributed by atoms with E-state index < -0.39 is 7.26 Å². The lowest BCUT2D eigenvalue weighted by molar-refractivity contribution is -0.147. The van der Waals surface area contributed by atoms with Gasteiger partial charge >= 0.3 is 0 Å². The minimum Gasteiger partial charge on any atom is -0.353 e. The van der Waals surface area contributed by atoms with Crippen LogP contribution in [0, 0.1) is 0 Å². The second-order valence-corrected chi connectivity index (χ2v) is 13.2. The summed E-state index contributed by atoms with van der Waals surface area (Å²) in [5, 5.41) is 0. The quantitative estimate of drug-likeness (QED) is 0.110. The molecule has 0 bridgehead atoms. The van der Waals surface area contributed by atoms with E-state index in [0.717, 1.165) is 32.5 Å². The number of allylic oxidation sites excluding steroid dienone is 2. The monoisotopic (exact) mass is 373 g/mol. The Bertz CT molecular complexity index is 287. The predicted octanol–water partition coefficient (Wildman–Crippen LogP) is 7.14. The topological polar surface area (TPSA) is 18.5 Å². The van der Waals surface area contributed by atoms with E-state index in [1.165, 1.54) is 57.5 Å². The highest BCUT2D eigenvalue weighted by Gasteiger charge is 2.14. The maximum absolute atomic E-state index is 5.89. The fraction of sp³-hybridized carbons (Fsp3) is 0.909. The second kappa shape index (κ2) is 17.5. The van der Waals surface area contributed by atoms with Gasteiger partial charge in [0.15, 0.2) is 6.29 Å². The van der Waals surface area contributed by atoms with E-state index in [9.17, 15) is 0 Å². The fourth-order valence-electron chi connectivity index (χ4n) is 2.60. The average Bonchev–Trinajstić information content (AvgIpc) is 2.55. The summed E-state index contributed by atoms with van der Waals surface area (Å²) >= 11 is 0. The van der Waals surface area contributed by atoms with Gasteiger partial charge in [-0.3, -0.25) is 0 Å². The Morgan fingerprint density at radius 3 is 1.80 bits per heavy atom. The smallest absolute Gasteiger partial charge is 0.157 e. The zero-order valence-corrected chi connectivity index (χ0v) is 18.8. The lowest BCUT2D eigenvalue weighted by atomic mass is 10.1. The molecule has 0 heterocycles. The Kier molecular flexibility index (Phi) is 17.6. The Morgan fingerprint density at radius 1 is 0.720 bits per heavy atom. The summed E-state index contributed by atoms with van der Waals surface area (Å²) in [7, 11) is -0.574. The minimum atomic E-state index is -0.574. The Hall–Kier alpha value is 0.0900. The Morgan fingerprint density at radius 2 is 1.28 bits per heavy atom. The van der Waals surface area contributed by atoms with Gasteiger partial charge in [0.2, 0.25) is 0 Å². The highest BCUT2D eigenvalue weighted by atomic mass is 31.2. The first-order chi connectivity index (χ1) is 12.0. The summed E-state index contributed by atoms with van der Waals surface area (Å²) in [5.74, 6) is 0. The number of ether oxygens (including phenoxy) is 2. The van der Waals surface area contributed by atoms with E-state index in [0.29, 0.717) is 0 Å². The number of unbranched alkanes of at least 4 members (excludes halogenated alkanes) is 6. The Labute approximate surface area is 159 Å². The zero-order valence-electron chi connectivity index (χ0n) is 17.9. The summed E-state index contributed by atoms with van der Waals surface area (Å²) in [6.45, 7) is 13.4. The van der Waals surface area contributed by atoms with Crippen molar-refractivity contribution in [2.45, 2.75) is 90.8 Å². The van der Waals surface area contributed by atoms with Gasteiger partial charge in [-0.2, -0.15) is 0 Å². The van der Waals surface area contributed by atoms with Gasteiger partial charge in [0.25, 0.3) is 0 Å². The average molecular weight is 374 g/mol. The van der Waals surface area contributed by atoms with Gasteiger partial charge in [-0.15, -0.1) is 0 Å². The molecule has 0 amide bonds. The molecule has 0 radical (unpaired) electrons. The van der Waals surface area contributed by atoms with Crippen LogP contribution in [0.15, 0.2) is 12.2 Å². The van der Waals surface area contributed by atoms with Crippen LogP contribution in [-0.4, -0.2) is 45.7 Å². The first-order valence-electron chi connectivity index (χ1n) is 10.7. The molecule has 150 valence electrons. The maximum Gasteiger partial charge on any atom is 0.157 e. The zero-order chi connectivity index (χ0) is 18.8. The largest absolute Gasteiger partial charge is 0.353 e. The molecule has 0 spiro atoms. The summed E-state index contributed by atoms with van der Waals surface area (Å²) in [4.78, 5) is 0. The molecular weight excluding hydrogens is 327 g/mol. The van der Waals surface area contributed by atoms with Gasteiger partial charge < -0.3 is 9.47 Å². The van der Waals surface area contributed by atoms with Crippen molar-refractivity contribution in [3.63, 3.8) is 0 Å². The normalized spacial score (nSPS) is 12.6. The van der Waals surface area contributed by atoms with Crippen LogP contribution in [-0.2, 0) is 9.47 Å². The molecule has 0 atom stereocenters. The Balaban J connectivity index is 3.64. The van der Waals surface area contributed by atoms with Crippen LogP contribution in [0.3, 0.4) is 0 Å². The molecular formula is C22H46O2P+. The van der Waals surface area contributed by atoms with Crippen LogP contribution in [0.1, 0.15) is 84.5 Å². The molecule has 0 aliphatic rings. The molecule has 2 nitrogen and oxygen atoms in total. The summed E-state index contributed by atoms with van der Waals surface area (Å²) < 4.78 is 11.8. The summed E-state index contributed by atoms with van der Waals surface area (Å²) in [5.41, 5.74) is 0. The van der Waals surface area contributed by atoms with Crippen LogP contribution in [0.5, 0.6) is 0 Å². The van der Waals surface area contributed by atoms with E-state index >= 15 is 0 Å². The molecule has 0 saturated carbocycles. The fourth-order valence-corrected chi connectivity index (χ4v) is 3.73. The van der Waals surface area contributed by atoms with E-state index in [4.69, 9.17) is 9.47 Å². The first-order valence-corrected chi connectivity index (χ1v) is 14.0. The molecule has 3 heteroatoms. The molecule has 0 aromatic carbocycles. The van der Waals surface area contributed by atoms with Gasteiger partial charge in [0.1, 0.15) is 0 Å². The lowest BCUT2D eigenvalue weighted by Crippen LogP contribution is -2.18. The van der Waals surface area contributed by atoms with Gasteiger partial charge in [-0.05, 0) is 51.4 Å². The van der Waals surface area contributed by atoms with Crippen LogP contribution >= 0.6 is 7.26 Å².